The molecule has 2 amide bonds. The van der Waals surface area contributed by atoms with Crippen LogP contribution in [-0.4, -0.2) is 55.6 Å². The van der Waals surface area contributed by atoms with Gasteiger partial charge in [-0.1, -0.05) is 85.6 Å². The molecule has 0 bridgehead atoms. The summed E-state index contributed by atoms with van der Waals surface area (Å²) in [4.78, 5) is 29.0. The topological polar surface area (TPSA) is 86.8 Å². The van der Waals surface area contributed by atoms with E-state index in [1.165, 1.54) is 11.4 Å². The van der Waals surface area contributed by atoms with Gasteiger partial charge in [-0.3, -0.25) is 9.59 Å². The van der Waals surface area contributed by atoms with E-state index in [4.69, 9.17) is 11.6 Å². The van der Waals surface area contributed by atoms with Crippen LogP contribution in [0.25, 0.3) is 0 Å². The standard InChI is InChI=1S/C31H38ClN3O4S/c1-3-4-20-33-31(37)29(23-25-13-7-5-8-14-25)35(24-26-15-11-16-27(32)22-26)30(36)19-12-21-34(2)40(38,39)28-17-9-6-10-18-28/h5-11,13-18,22,29H,3-4,12,19-21,23-24H2,1-2H3,(H,33,37). The van der Waals surface area contributed by atoms with Crippen molar-refractivity contribution in [1.82, 2.24) is 14.5 Å². The molecule has 0 radical (unpaired) electrons. The number of rotatable bonds is 15. The Bertz CT molecular complexity index is 1340. The molecule has 3 rings (SSSR count). The van der Waals surface area contributed by atoms with Gasteiger partial charge in [0.05, 0.1) is 4.90 Å². The van der Waals surface area contributed by atoms with Gasteiger partial charge < -0.3 is 10.2 Å². The molecule has 214 valence electrons. The van der Waals surface area contributed by atoms with Crippen molar-refractivity contribution in [2.24, 2.45) is 0 Å². The van der Waals surface area contributed by atoms with Gasteiger partial charge in [0, 0.05) is 44.5 Å². The number of sulfonamides is 1. The zero-order valence-corrected chi connectivity index (χ0v) is 24.7. The molecule has 7 nitrogen and oxygen atoms in total. The highest BCUT2D eigenvalue weighted by Gasteiger charge is 2.30. The van der Waals surface area contributed by atoms with Gasteiger partial charge in [-0.15, -0.1) is 0 Å². The van der Waals surface area contributed by atoms with E-state index in [0.29, 0.717) is 24.4 Å². The molecule has 0 saturated carbocycles. The quantitative estimate of drug-likeness (QED) is 0.246. The fourth-order valence-electron chi connectivity index (χ4n) is 4.38. The minimum absolute atomic E-state index is 0.0861. The average Bonchev–Trinajstić information content (AvgIpc) is 2.95. The van der Waals surface area contributed by atoms with Crippen LogP contribution < -0.4 is 5.32 Å². The first-order chi connectivity index (χ1) is 19.2. The highest BCUT2D eigenvalue weighted by Crippen LogP contribution is 2.20. The SMILES string of the molecule is CCCCNC(=O)C(Cc1ccccc1)N(Cc1cccc(Cl)c1)C(=O)CCCN(C)S(=O)(=O)c1ccccc1. The zero-order valence-electron chi connectivity index (χ0n) is 23.1. The maximum Gasteiger partial charge on any atom is 0.243 e. The lowest BCUT2D eigenvalue weighted by Crippen LogP contribution is -2.50. The molecule has 1 N–H and O–H groups in total. The molecule has 1 unspecified atom stereocenters. The summed E-state index contributed by atoms with van der Waals surface area (Å²) >= 11 is 6.23. The summed E-state index contributed by atoms with van der Waals surface area (Å²) in [6.45, 7) is 2.95. The Morgan fingerprint density at radius 1 is 0.900 bits per heavy atom. The van der Waals surface area contributed by atoms with Crippen LogP contribution in [0.3, 0.4) is 0 Å². The molecule has 9 heteroatoms. The molecule has 3 aromatic rings. The van der Waals surface area contributed by atoms with Gasteiger partial charge >= 0.3 is 0 Å². The lowest BCUT2D eigenvalue weighted by Gasteiger charge is -2.32. The van der Waals surface area contributed by atoms with Crippen molar-refractivity contribution in [2.45, 2.75) is 56.5 Å². The van der Waals surface area contributed by atoms with Gasteiger partial charge in [-0.2, -0.15) is 0 Å². The van der Waals surface area contributed by atoms with E-state index < -0.39 is 16.1 Å². The average molecular weight is 584 g/mol. The number of halogens is 1. The van der Waals surface area contributed by atoms with Crippen molar-refractivity contribution in [3.63, 3.8) is 0 Å². The summed E-state index contributed by atoms with van der Waals surface area (Å²) in [5.74, 6) is -0.437. The third-order valence-electron chi connectivity index (χ3n) is 6.66. The molecule has 1 atom stereocenters. The molecular weight excluding hydrogens is 546 g/mol. The Labute approximate surface area is 243 Å². The van der Waals surface area contributed by atoms with E-state index in [0.717, 1.165) is 24.0 Å². The third-order valence-corrected chi connectivity index (χ3v) is 8.76. The number of hydrogen-bond acceptors (Lipinski definition) is 4. The fraction of sp³-hybridized carbons (Fsp3) is 0.355. The molecule has 40 heavy (non-hydrogen) atoms. The molecule has 3 aromatic carbocycles. The smallest absolute Gasteiger partial charge is 0.243 e. The first-order valence-electron chi connectivity index (χ1n) is 13.6. The highest BCUT2D eigenvalue weighted by molar-refractivity contribution is 7.89. The van der Waals surface area contributed by atoms with Crippen LogP contribution in [0.1, 0.15) is 43.7 Å². The predicted molar refractivity (Wildman–Crippen MR) is 159 cm³/mol. The van der Waals surface area contributed by atoms with Crippen LogP contribution in [0.15, 0.2) is 89.8 Å². The van der Waals surface area contributed by atoms with Crippen LogP contribution in [0.4, 0.5) is 0 Å². The summed E-state index contributed by atoms with van der Waals surface area (Å²) in [6, 6.07) is 24.3. The maximum atomic E-state index is 13.7. The number of carbonyl (C=O) groups is 2. The Balaban J connectivity index is 1.81. The number of unbranched alkanes of at least 4 members (excludes halogenated alkanes) is 1. The van der Waals surface area contributed by atoms with Gasteiger partial charge in [-0.25, -0.2) is 12.7 Å². The lowest BCUT2D eigenvalue weighted by molar-refractivity contribution is -0.141. The summed E-state index contributed by atoms with van der Waals surface area (Å²) in [5, 5.41) is 3.55. The zero-order chi connectivity index (χ0) is 29.0. The van der Waals surface area contributed by atoms with Gasteiger partial charge in [0.25, 0.3) is 0 Å². The minimum atomic E-state index is -3.66. The molecule has 0 aliphatic rings. The molecule has 0 fully saturated rings. The number of nitrogens with one attached hydrogen (secondary N) is 1. The van der Waals surface area contributed by atoms with Crippen molar-refractivity contribution in [1.29, 1.82) is 0 Å². The minimum Gasteiger partial charge on any atom is -0.354 e. The first-order valence-corrected chi connectivity index (χ1v) is 15.4. The van der Waals surface area contributed by atoms with E-state index >= 15 is 0 Å². The van der Waals surface area contributed by atoms with Crippen LogP contribution in [0.2, 0.25) is 5.02 Å². The first kappa shape index (κ1) is 31.3. The summed E-state index contributed by atoms with van der Waals surface area (Å²) in [5.41, 5.74) is 1.75. The van der Waals surface area contributed by atoms with Crippen LogP contribution in [0.5, 0.6) is 0 Å². The molecule has 0 heterocycles. The van der Waals surface area contributed by atoms with Crippen LogP contribution >= 0.6 is 11.6 Å². The second-order valence-electron chi connectivity index (χ2n) is 9.74. The highest BCUT2D eigenvalue weighted by atomic mass is 35.5. The van der Waals surface area contributed by atoms with E-state index in [1.807, 2.05) is 42.5 Å². The Hall–Kier alpha value is -3.20. The predicted octanol–water partition coefficient (Wildman–Crippen LogP) is 5.30. The Kier molecular flexibility index (Phi) is 12.2. The molecular formula is C31H38ClN3O4S. The molecule has 0 aromatic heterocycles. The van der Waals surface area contributed by atoms with E-state index in [1.54, 1.807) is 47.4 Å². The normalized spacial score (nSPS) is 12.2. The number of amides is 2. The second kappa shape index (κ2) is 15.6. The van der Waals surface area contributed by atoms with Gasteiger partial charge in [-0.05, 0) is 48.2 Å². The summed E-state index contributed by atoms with van der Waals surface area (Å²) < 4.78 is 27.1. The number of carbonyl (C=O) groups excluding carboxylic acids is 2. The summed E-state index contributed by atoms with van der Waals surface area (Å²) in [7, 11) is -2.15. The van der Waals surface area contributed by atoms with Crippen molar-refractivity contribution in [2.75, 3.05) is 20.1 Å². The van der Waals surface area contributed by atoms with Gasteiger partial charge in [0.1, 0.15) is 6.04 Å². The Morgan fingerprint density at radius 2 is 1.55 bits per heavy atom. The van der Waals surface area contributed by atoms with Crippen molar-refractivity contribution >= 4 is 33.4 Å². The monoisotopic (exact) mass is 583 g/mol. The van der Waals surface area contributed by atoms with Crippen molar-refractivity contribution < 1.29 is 18.0 Å². The molecule has 0 spiro atoms. The third kappa shape index (κ3) is 9.18. The second-order valence-corrected chi connectivity index (χ2v) is 12.2. The largest absolute Gasteiger partial charge is 0.354 e. The van der Waals surface area contributed by atoms with E-state index in [2.05, 4.69) is 12.2 Å². The molecule has 0 aliphatic carbocycles. The van der Waals surface area contributed by atoms with E-state index in [9.17, 15) is 18.0 Å². The number of nitrogens with zero attached hydrogens (tertiary/aromatic N) is 2. The Morgan fingerprint density at radius 3 is 2.20 bits per heavy atom. The lowest BCUT2D eigenvalue weighted by atomic mass is 10.0. The summed E-state index contributed by atoms with van der Waals surface area (Å²) in [6.07, 6.45) is 2.53. The maximum absolute atomic E-state index is 13.7. The van der Waals surface area contributed by atoms with Crippen molar-refractivity contribution in [3.05, 3.63) is 101 Å². The fourth-order valence-corrected chi connectivity index (χ4v) is 5.82. The molecule has 0 saturated heterocycles. The van der Waals surface area contributed by atoms with E-state index in [-0.39, 0.29) is 36.2 Å². The van der Waals surface area contributed by atoms with Gasteiger partial charge in [0.2, 0.25) is 21.8 Å². The molecule has 0 aliphatic heterocycles. The van der Waals surface area contributed by atoms with Crippen LogP contribution in [-0.2, 0) is 32.6 Å². The number of hydrogen-bond donors (Lipinski definition) is 1. The van der Waals surface area contributed by atoms with Crippen molar-refractivity contribution in [3.8, 4) is 0 Å². The number of benzene rings is 3. The van der Waals surface area contributed by atoms with Gasteiger partial charge in [0.15, 0.2) is 0 Å². The van der Waals surface area contributed by atoms with Crippen LogP contribution in [0, 0.1) is 0 Å².